The molecule has 0 fully saturated rings. The van der Waals surface area contributed by atoms with E-state index >= 15 is 0 Å². The van der Waals surface area contributed by atoms with Crippen molar-refractivity contribution >= 4 is 28.1 Å². The van der Waals surface area contributed by atoms with Gasteiger partial charge in [0, 0.05) is 17.0 Å². The number of aromatic nitrogens is 1. The van der Waals surface area contributed by atoms with E-state index in [9.17, 15) is 14.9 Å². The number of carbonyl (C=O) groups excluding carboxylic acids is 1. The van der Waals surface area contributed by atoms with Crippen LogP contribution < -0.4 is 10.1 Å². The average Bonchev–Trinajstić information content (AvgIpc) is 3.12. The highest BCUT2D eigenvalue weighted by Crippen LogP contribution is 2.29. The molecule has 1 atom stereocenters. The van der Waals surface area contributed by atoms with Crippen molar-refractivity contribution in [3.63, 3.8) is 0 Å². The van der Waals surface area contributed by atoms with Gasteiger partial charge in [-0.3, -0.25) is 20.2 Å². The van der Waals surface area contributed by atoms with E-state index in [1.165, 1.54) is 30.4 Å². The minimum Gasteiger partial charge on any atom is -0.474 e. The maximum Gasteiger partial charge on any atom is 0.311 e. The van der Waals surface area contributed by atoms with Gasteiger partial charge in [0.05, 0.1) is 10.6 Å². The fraction of sp³-hybridized carbons (Fsp3) is 0.158. The first-order valence-electron chi connectivity index (χ1n) is 8.17. The van der Waals surface area contributed by atoms with Crippen LogP contribution in [0.1, 0.15) is 12.5 Å². The highest BCUT2D eigenvalue weighted by molar-refractivity contribution is 7.14. The van der Waals surface area contributed by atoms with Crippen LogP contribution in [0.2, 0.25) is 0 Å². The number of hydrogen-bond acceptors (Lipinski definition) is 6. The molecule has 3 rings (SSSR count). The van der Waals surface area contributed by atoms with E-state index in [2.05, 4.69) is 10.3 Å². The van der Waals surface area contributed by atoms with Gasteiger partial charge >= 0.3 is 5.69 Å². The van der Waals surface area contributed by atoms with Gasteiger partial charge in [0.2, 0.25) is 0 Å². The molecule has 8 heteroatoms. The van der Waals surface area contributed by atoms with E-state index in [4.69, 9.17) is 4.74 Å². The van der Waals surface area contributed by atoms with Crippen LogP contribution in [0.3, 0.4) is 0 Å². The Labute approximate surface area is 159 Å². The predicted molar refractivity (Wildman–Crippen MR) is 104 cm³/mol. The highest BCUT2D eigenvalue weighted by atomic mass is 32.1. The Hall–Kier alpha value is -3.26. The number of rotatable bonds is 6. The molecule has 1 N–H and O–H groups in total. The van der Waals surface area contributed by atoms with Crippen molar-refractivity contribution in [2.45, 2.75) is 20.0 Å². The lowest BCUT2D eigenvalue weighted by atomic mass is 10.2. The van der Waals surface area contributed by atoms with Gasteiger partial charge in [0.1, 0.15) is 0 Å². The second-order valence-corrected chi connectivity index (χ2v) is 6.74. The molecule has 0 saturated carbocycles. The fourth-order valence-electron chi connectivity index (χ4n) is 2.39. The van der Waals surface area contributed by atoms with Crippen molar-refractivity contribution in [3.05, 3.63) is 69.6 Å². The minimum absolute atomic E-state index is 0.0531. The fourth-order valence-corrected chi connectivity index (χ4v) is 3.12. The lowest BCUT2D eigenvalue weighted by Crippen LogP contribution is -2.30. The third kappa shape index (κ3) is 4.48. The molecular formula is C19H17N3O4S. The predicted octanol–water partition coefficient (Wildman–Crippen LogP) is 4.43. The first kappa shape index (κ1) is 18.5. The molecule has 0 bridgehead atoms. The number of benzene rings is 2. The number of hydrogen-bond donors (Lipinski definition) is 1. The van der Waals surface area contributed by atoms with Crippen molar-refractivity contribution in [3.8, 4) is 17.0 Å². The maximum atomic E-state index is 12.4. The van der Waals surface area contributed by atoms with Crippen LogP contribution in [-0.4, -0.2) is 21.9 Å². The first-order chi connectivity index (χ1) is 12.9. The summed E-state index contributed by atoms with van der Waals surface area (Å²) in [5.41, 5.74) is 2.28. The Bertz CT molecular complexity index is 972. The number of nitrogens with one attached hydrogen (secondary N) is 1. The molecule has 138 valence electrons. The molecule has 1 aromatic heterocycles. The van der Waals surface area contributed by atoms with Crippen molar-refractivity contribution in [1.82, 2.24) is 4.98 Å². The Morgan fingerprint density at radius 2 is 2.00 bits per heavy atom. The standard InChI is InChI=1S/C19H17N3O4S/c1-12-8-9-17(16(10-12)22(24)25)26-13(2)18(23)21-19-20-15(11-27-19)14-6-4-3-5-7-14/h3-11,13H,1-2H3,(H,20,21,23)/t13-/m0/s1. The van der Waals surface area contributed by atoms with Crippen molar-refractivity contribution < 1.29 is 14.5 Å². The quantitative estimate of drug-likeness (QED) is 0.502. The summed E-state index contributed by atoms with van der Waals surface area (Å²) in [7, 11) is 0. The third-order valence-corrected chi connectivity index (χ3v) is 4.55. The minimum atomic E-state index is -0.921. The summed E-state index contributed by atoms with van der Waals surface area (Å²) in [6.45, 7) is 3.28. The smallest absolute Gasteiger partial charge is 0.311 e. The van der Waals surface area contributed by atoms with Crippen molar-refractivity contribution in [2.24, 2.45) is 0 Å². The number of ether oxygens (including phenoxy) is 1. The Morgan fingerprint density at radius 1 is 1.26 bits per heavy atom. The lowest BCUT2D eigenvalue weighted by molar-refractivity contribution is -0.386. The molecular weight excluding hydrogens is 366 g/mol. The normalized spacial score (nSPS) is 11.6. The van der Waals surface area contributed by atoms with Crippen molar-refractivity contribution in [2.75, 3.05) is 5.32 Å². The number of nitrogens with zero attached hydrogens (tertiary/aromatic N) is 2. The van der Waals surface area contributed by atoms with Crippen LogP contribution in [0.5, 0.6) is 5.75 Å². The Kier molecular flexibility index (Phi) is 5.46. The molecule has 7 nitrogen and oxygen atoms in total. The summed E-state index contributed by atoms with van der Waals surface area (Å²) >= 11 is 1.30. The number of carbonyl (C=O) groups is 1. The number of amides is 1. The molecule has 1 amide bonds. The summed E-state index contributed by atoms with van der Waals surface area (Å²) in [5.74, 6) is -0.379. The summed E-state index contributed by atoms with van der Waals surface area (Å²) in [6, 6.07) is 14.2. The topological polar surface area (TPSA) is 94.4 Å². The zero-order valence-electron chi connectivity index (χ0n) is 14.7. The molecule has 2 aromatic carbocycles. The van der Waals surface area contributed by atoms with E-state index in [0.29, 0.717) is 5.13 Å². The van der Waals surface area contributed by atoms with E-state index in [0.717, 1.165) is 16.8 Å². The lowest BCUT2D eigenvalue weighted by Gasteiger charge is -2.14. The monoisotopic (exact) mass is 383 g/mol. The molecule has 0 radical (unpaired) electrons. The van der Waals surface area contributed by atoms with Gasteiger partial charge in [0.15, 0.2) is 17.0 Å². The van der Waals surface area contributed by atoms with Crippen LogP contribution in [-0.2, 0) is 4.79 Å². The first-order valence-corrected chi connectivity index (χ1v) is 9.05. The number of nitro groups is 1. The van der Waals surface area contributed by atoms with Gasteiger partial charge in [-0.15, -0.1) is 11.3 Å². The molecule has 0 aliphatic carbocycles. The number of anilines is 1. The second-order valence-electron chi connectivity index (χ2n) is 5.88. The third-order valence-electron chi connectivity index (χ3n) is 3.79. The van der Waals surface area contributed by atoms with Gasteiger partial charge in [-0.05, 0) is 25.5 Å². The van der Waals surface area contributed by atoms with Crippen molar-refractivity contribution in [1.29, 1.82) is 0 Å². The van der Waals surface area contributed by atoms with E-state index in [1.54, 1.807) is 13.0 Å². The molecule has 0 unspecified atom stereocenters. The van der Waals surface area contributed by atoms with E-state index in [1.807, 2.05) is 35.7 Å². The van der Waals surface area contributed by atoms with Crippen LogP contribution in [0.25, 0.3) is 11.3 Å². The molecule has 3 aromatic rings. The maximum absolute atomic E-state index is 12.4. The summed E-state index contributed by atoms with van der Waals surface area (Å²) in [4.78, 5) is 27.4. The molecule has 0 aliphatic rings. The largest absolute Gasteiger partial charge is 0.474 e. The van der Waals surface area contributed by atoms with Crippen LogP contribution in [0.4, 0.5) is 10.8 Å². The summed E-state index contributed by atoms with van der Waals surface area (Å²) in [5, 5.41) is 16.1. The number of nitro benzene ring substituents is 1. The van der Waals surface area contributed by atoms with E-state index in [-0.39, 0.29) is 11.4 Å². The highest BCUT2D eigenvalue weighted by Gasteiger charge is 2.22. The van der Waals surface area contributed by atoms with Crippen LogP contribution >= 0.6 is 11.3 Å². The average molecular weight is 383 g/mol. The second kappa shape index (κ2) is 7.96. The van der Waals surface area contributed by atoms with Gasteiger partial charge < -0.3 is 4.74 Å². The summed E-state index contributed by atoms with van der Waals surface area (Å²) < 4.78 is 5.51. The van der Waals surface area contributed by atoms with Gasteiger partial charge in [0.25, 0.3) is 5.91 Å². The van der Waals surface area contributed by atoms with Gasteiger partial charge in [-0.25, -0.2) is 4.98 Å². The van der Waals surface area contributed by atoms with Gasteiger partial charge in [-0.2, -0.15) is 0 Å². The Morgan fingerprint density at radius 3 is 2.70 bits per heavy atom. The molecule has 1 heterocycles. The van der Waals surface area contributed by atoms with Crippen LogP contribution in [0, 0.1) is 17.0 Å². The van der Waals surface area contributed by atoms with Crippen LogP contribution in [0.15, 0.2) is 53.9 Å². The summed E-state index contributed by atoms with van der Waals surface area (Å²) in [6.07, 6.45) is -0.921. The van der Waals surface area contributed by atoms with Gasteiger partial charge in [-0.1, -0.05) is 36.4 Å². The molecule has 27 heavy (non-hydrogen) atoms. The zero-order chi connectivity index (χ0) is 19.4. The molecule has 0 saturated heterocycles. The zero-order valence-corrected chi connectivity index (χ0v) is 15.5. The molecule has 0 spiro atoms. The number of aryl methyl sites for hydroxylation is 1. The van der Waals surface area contributed by atoms with E-state index < -0.39 is 16.9 Å². The Balaban J connectivity index is 1.69. The SMILES string of the molecule is Cc1ccc(O[C@@H](C)C(=O)Nc2nc(-c3ccccc3)cs2)c([N+](=O)[O-])c1. The number of thiazole rings is 1. The molecule has 0 aliphatic heterocycles.